The standard InChI is InChI=1S/C23H26N2O4/c1-16(2)21(24-22(27)18-9-4-3-5-10-18)23(28)29-15-20(26)25-13-12-17-8-6-7-11-19(17)14-25/h3-11,16,21H,12-15H2,1-2H3,(H,24,27)/t21-/m0/s1. The fourth-order valence-electron chi connectivity index (χ4n) is 3.33. The summed E-state index contributed by atoms with van der Waals surface area (Å²) in [7, 11) is 0. The molecule has 0 saturated heterocycles. The van der Waals surface area contributed by atoms with Gasteiger partial charge in [0.2, 0.25) is 0 Å². The normalized spacial score (nSPS) is 14.1. The Morgan fingerprint density at radius 1 is 1.00 bits per heavy atom. The van der Waals surface area contributed by atoms with Crippen molar-refractivity contribution in [3.05, 3.63) is 71.3 Å². The van der Waals surface area contributed by atoms with Crippen LogP contribution in [0.15, 0.2) is 54.6 Å². The number of esters is 1. The van der Waals surface area contributed by atoms with Crippen molar-refractivity contribution in [1.29, 1.82) is 0 Å². The average molecular weight is 394 g/mol. The number of fused-ring (bicyclic) bond motifs is 1. The average Bonchev–Trinajstić information content (AvgIpc) is 2.75. The molecule has 1 aliphatic rings. The van der Waals surface area contributed by atoms with Crippen LogP contribution in [0.1, 0.15) is 35.3 Å². The van der Waals surface area contributed by atoms with Gasteiger partial charge in [-0.2, -0.15) is 0 Å². The van der Waals surface area contributed by atoms with Crippen molar-refractivity contribution in [2.24, 2.45) is 5.92 Å². The molecule has 0 bridgehead atoms. The molecule has 29 heavy (non-hydrogen) atoms. The Labute approximate surface area is 170 Å². The van der Waals surface area contributed by atoms with E-state index in [4.69, 9.17) is 4.74 Å². The molecule has 1 heterocycles. The highest BCUT2D eigenvalue weighted by Crippen LogP contribution is 2.18. The lowest BCUT2D eigenvalue weighted by Gasteiger charge is -2.29. The van der Waals surface area contributed by atoms with Gasteiger partial charge in [-0.15, -0.1) is 0 Å². The number of carbonyl (C=O) groups excluding carboxylic acids is 3. The lowest BCUT2D eigenvalue weighted by Crippen LogP contribution is -2.46. The van der Waals surface area contributed by atoms with Crippen molar-refractivity contribution in [2.45, 2.75) is 32.9 Å². The first-order valence-electron chi connectivity index (χ1n) is 9.83. The predicted molar refractivity (Wildman–Crippen MR) is 109 cm³/mol. The van der Waals surface area contributed by atoms with Gasteiger partial charge in [0, 0.05) is 18.7 Å². The van der Waals surface area contributed by atoms with Gasteiger partial charge in [0.15, 0.2) is 6.61 Å². The van der Waals surface area contributed by atoms with Crippen LogP contribution in [0.2, 0.25) is 0 Å². The molecule has 0 unspecified atom stereocenters. The molecule has 3 rings (SSSR count). The molecule has 152 valence electrons. The van der Waals surface area contributed by atoms with E-state index in [0.29, 0.717) is 18.7 Å². The van der Waals surface area contributed by atoms with Crippen LogP contribution >= 0.6 is 0 Å². The number of ether oxygens (including phenoxy) is 1. The van der Waals surface area contributed by atoms with Crippen LogP contribution in [0.25, 0.3) is 0 Å². The molecule has 2 aromatic carbocycles. The van der Waals surface area contributed by atoms with Crippen molar-refractivity contribution < 1.29 is 19.1 Å². The van der Waals surface area contributed by atoms with E-state index < -0.39 is 12.0 Å². The number of hydrogen-bond donors (Lipinski definition) is 1. The van der Waals surface area contributed by atoms with Crippen LogP contribution in [-0.4, -0.2) is 41.9 Å². The van der Waals surface area contributed by atoms with Crippen LogP contribution in [0.4, 0.5) is 0 Å². The Bertz CT molecular complexity index is 879. The maximum Gasteiger partial charge on any atom is 0.329 e. The minimum Gasteiger partial charge on any atom is -0.454 e. The second-order valence-corrected chi connectivity index (χ2v) is 7.50. The lowest BCUT2D eigenvalue weighted by atomic mass is 10.00. The van der Waals surface area contributed by atoms with Crippen molar-refractivity contribution in [3.8, 4) is 0 Å². The van der Waals surface area contributed by atoms with E-state index in [1.54, 1.807) is 29.2 Å². The summed E-state index contributed by atoms with van der Waals surface area (Å²) < 4.78 is 5.26. The van der Waals surface area contributed by atoms with Gasteiger partial charge in [-0.25, -0.2) is 4.79 Å². The second-order valence-electron chi connectivity index (χ2n) is 7.50. The summed E-state index contributed by atoms with van der Waals surface area (Å²) in [5.41, 5.74) is 2.83. The molecule has 0 aromatic heterocycles. The van der Waals surface area contributed by atoms with Crippen molar-refractivity contribution in [2.75, 3.05) is 13.2 Å². The molecule has 0 fully saturated rings. The summed E-state index contributed by atoms with van der Waals surface area (Å²) in [5, 5.41) is 2.71. The zero-order valence-corrected chi connectivity index (χ0v) is 16.8. The minimum absolute atomic E-state index is 0.174. The molecule has 6 nitrogen and oxygen atoms in total. The molecule has 0 saturated carbocycles. The second kappa shape index (κ2) is 9.37. The third-order valence-electron chi connectivity index (χ3n) is 5.06. The van der Waals surface area contributed by atoms with Crippen LogP contribution in [0, 0.1) is 5.92 Å². The number of benzene rings is 2. The first-order chi connectivity index (χ1) is 14.0. The zero-order valence-electron chi connectivity index (χ0n) is 16.8. The number of carbonyl (C=O) groups is 3. The number of hydrogen-bond acceptors (Lipinski definition) is 4. The number of nitrogens with one attached hydrogen (secondary N) is 1. The summed E-state index contributed by atoms with van der Waals surface area (Å²) in [5.74, 6) is -1.35. The Morgan fingerprint density at radius 2 is 1.66 bits per heavy atom. The van der Waals surface area contributed by atoms with E-state index in [2.05, 4.69) is 11.4 Å². The molecule has 6 heteroatoms. The van der Waals surface area contributed by atoms with Gasteiger partial charge in [0.05, 0.1) is 0 Å². The molecule has 1 aliphatic heterocycles. The van der Waals surface area contributed by atoms with Gasteiger partial charge in [0.25, 0.3) is 11.8 Å². The molecular weight excluding hydrogens is 368 g/mol. The Hall–Kier alpha value is -3.15. The van der Waals surface area contributed by atoms with E-state index in [9.17, 15) is 14.4 Å². The summed E-state index contributed by atoms with van der Waals surface area (Å²) in [6.07, 6.45) is 0.789. The van der Waals surface area contributed by atoms with Crippen molar-refractivity contribution in [1.82, 2.24) is 10.2 Å². The van der Waals surface area contributed by atoms with Gasteiger partial charge in [0.1, 0.15) is 6.04 Å². The summed E-state index contributed by atoms with van der Waals surface area (Å²) in [4.78, 5) is 39.1. The topological polar surface area (TPSA) is 75.7 Å². The lowest BCUT2D eigenvalue weighted by molar-refractivity contribution is -0.154. The predicted octanol–water partition coefficient (Wildman–Crippen LogP) is 2.57. The molecule has 2 aromatic rings. The highest BCUT2D eigenvalue weighted by atomic mass is 16.5. The number of rotatable bonds is 6. The van der Waals surface area contributed by atoms with Crippen LogP contribution in [0.5, 0.6) is 0 Å². The first kappa shape index (κ1) is 20.6. The first-order valence-corrected chi connectivity index (χ1v) is 9.83. The summed E-state index contributed by atoms with van der Waals surface area (Å²) >= 11 is 0. The van der Waals surface area contributed by atoms with Gasteiger partial charge in [-0.1, -0.05) is 56.3 Å². The van der Waals surface area contributed by atoms with Gasteiger partial charge in [-0.05, 0) is 35.6 Å². The van der Waals surface area contributed by atoms with Crippen LogP contribution < -0.4 is 5.32 Å². The molecule has 0 spiro atoms. The Kier molecular flexibility index (Phi) is 6.65. The third-order valence-corrected chi connectivity index (χ3v) is 5.06. The molecule has 1 N–H and O–H groups in total. The maximum absolute atomic E-state index is 12.5. The van der Waals surface area contributed by atoms with Crippen molar-refractivity contribution >= 4 is 17.8 Å². The van der Waals surface area contributed by atoms with E-state index in [1.807, 2.05) is 38.1 Å². The van der Waals surface area contributed by atoms with Gasteiger partial charge < -0.3 is 15.0 Å². The minimum atomic E-state index is -0.822. The van der Waals surface area contributed by atoms with E-state index in [0.717, 1.165) is 12.0 Å². The fourth-order valence-corrected chi connectivity index (χ4v) is 3.33. The molecule has 0 radical (unpaired) electrons. The third kappa shape index (κ3) is 5.22. The number of amides is 2. The Balaban J connectivity index is 1.55. The molecule has 1 atom stereocenters. The summed E-state index contributed by atoms with van der Waals surface area (Å²) in [6, 6.07) is 15.9. The van der Waals surface area contributed by atoms with Gasteiger partial charge >= 0.3 is 5.97 Å². The maximum atomic E-state index is 12.5. The highest BCUT2D eigenvalue weighted by molar-refractivity contribution is 5.97. The van der Waals surface area contributed by atoms with E-state index >= 15 is 0 Å². The Morgan fingerprint density at radius 3 is 2.34 bits per heavy atom. The largest absolute Gasteiger partial charge is 0.454 e. The van der Waals surface area contributed by atoms with E-state index in [1.165, 1.54) is 5.56 Å². The smallest absolute Gasteiger partial charge is 0.329 e. The SMILES string of the molecule is CC(C)[C@H](NC(=O)c1ccccc1)C(=O)OCC(=O)N1CCc2ccccc2C1. The zero-order chi connectivity index (χ0) is 20.8. The molecule has 2 amide bonds. The monoisotopic (exact) mass is 394 g/mol. The molecular formula is C23H26N2O4. The quantitative estimate of drug-likeness (QED) is 0.764. The van der Waals surface area contributed by atoms with Crippen LogP contribution in [-0.2, 0) is 27.3 Å². The molecule has 0 aliphatic carbocycles. The van der Waals surface area contributed by atoms with Crippen LogP contribution in [0.3, 0.4) is 0 Å². The number of nitrogens with zero attached hydrogens (tertiary/aromatic N) is 1. The van der Waals surface area contributed by atoms with Gasteiger partial charge in [-0.3, -0.25) is 9.59 Å². The fraction of sp³-hybridized carbons (Fsp3) is 0.348. The van der Waals surface area contributed by atoms with E-state index in [-0.39, 0.29) is 24.3 Å². The highest BCUT2D eigenvalue weighted by Gasteiger charge is 2.28. The summed E-state index contributed by atoms with van der Waals surface area (Å²) in [6.45, 7) is 4.43. The van der Waals surface area contributed by atoms with Crippen molar-refractivity contribution in [3.63, 3.8) is 0 Å².